The highest BCUT2D eigenvalue weighted by molar-refractivity contribution is 6.25. The first kappa shape index (κ1) is 9.48. The molecular weight excluding hydrogens is 166 g/mol. The summed E-state index contributed by atoms with van der Waals surface area (Å²) in [4.78, 5) is 0. The highest BCUT2D eigenvalue weighted by Crippen LogP contribution is 2.27. The smallest absolute Gasteiger partial charge is 0.0700 e. The van der Waals surface area contributed by atoms with Crippen molar-refractivity contribution < 1.29 is 0 Å². The van der Waals surface area contributed by atoms with Crippen LogP contribution in [0.15, 0.2) is 0 Å². The molecule has 11 heavy (non-hydrogen) atoms. The minimum Gasteiger partial charge on any atom is -0.358 e. The summed E-state index contributed by atoms with van der Waals surface area (Å²) in [5, 5.41) is 0. The Balaban J connectivity index is 2.32. The molecule has 0 aromatic rings. The average Bonchev–Trinajstić information content (AvgIpc) is 2.05. The lowest BCUT2D eigenvalue weighted by atomic mass is 9.85. The van der Waals surface area contributed by atoms with Gasteiger partial charge in [-0.25, -0.2) is 0 Å². The third kappa shape index (κ3) is 2.72. The predicted octanol–water partition coefficient (Wildman–Crippen LogP) is -0.182. The van der Waals surface area contributed by atoms with Crippen LogP contribution < -0.4 is 0 Å². The molecule has 1 aliphatic carbocycles. The fourth-order valence-corrected chi connectivity index (χ4v) is 2.88. The molecule has 0 aliphatic heterocycles. The minimum absolute atomic E-state index is 0.911. The van der Waals surface area contributed by atoms with Gasteiger partial charge in [-0.05, 0) is 24.8 Å². The molecule has 1 nitrogen and oxygen atoms in total. The van der Waals surface area contributed by atoms with Crippen LogP contribution in [0.3, 0.4) is 0 Å². The van der Waals surface area contributed by atoms with Crippen LogP contribution in [0, 0.1) is 5.92 Å². The number of hydrogen-bond acceptors (Lipinski definition) is 1. The van der Waals surface area contributed by atoms with Crippen molar-refractivity contribution in [1.29, 1.82) is 0 Å². The van der Waals surface area contributed by atoms with E-state index in [1.807, 2.05) is 0 Å². The van der Waals surface area contributed by atoms with Gasteiger partial charge < -0.3 is 4.23 Å². The van der Waals surface area contributed by atoms with E-state index >= 15 is 0 Å². The van der Waals surface area contributed by atoms with E-state index in [0.29, 0.717) is 0 Å². The molecule has 3 heteroatoms. The molecule has 1 atom stereocenters. The van der Waals surface area contributed by atoms with Gasteiger partial charge in [0.1, 0.15) is 0 Å². The van der Waals surface area contributed by atoms with Crippen LogP contribution in [-0.2, 0) is 0 Å². The van der Waals surface area contributed by atoms with Crippen molar-refractivity contribution in [2.45, 2.75) is 45.1 Å². The van der Waals surface area contributed by atoms with Gasteiger partial charge in [0.2, 0.25) is 0 Å². The van der Waals surface area contributed by atoms with Gasteiger partial charge in [-0.1, -0.05) is 26.2 Å². The molecule has 0 N–H and O–H groups in total. The van der Waals surface area contributed by atoms with E-state index in [1.165, 1.54) is 52.9 Å². The first-order valence-electron chi connectivity index (χ1n) is 4.88. The summed E-state index contributed by atoms with van der Waals surface area (Å²) >= 11 is 0. The summed E-state index contributed by atoms with van der Waals surface area (Å²) in [5.74, 6) is 1.04. The van der Waals surface area contributed by atoms with Crippen LogP contribution in [0.25, 0.3) is 0 Å². The second kappa shape index (κ2) is 4.43. The Morgan fingerprint density at radius 1 is 1.18 bits per heavy atom. The topological polar surface area (TPSA) is 3.24 Å². The van der Waals surface area contributed by atoms with Crippen LogP contribution in [0.4, 0.5) is 0 Å². The standard InChI is InChI=1S/C8H21NSi2/c1-7(9(10)11)8-5-3-2-4-6-8/h7-8H,2-6H2,1,10-11H3. The lowest BCUT2D eigenvalue weighted by molar-refractivity contribution is 0.264. The fourth-order valence-electron chi connectivity index (χ4n) is 2.04. The largest absolute Gasteiger partial charge is 0.358 e. The predicted molar refractivity (Wildman–Crippen MR) is 57.8 cm³/mol. The second-order valence-electron chi connectivity index (χ2n) is 4.10. The molecule has 0 spiro atoms. The van der Waals surface area contributed by atoms with Crippen LogP contribution in [-0.4, -0.2) is 31.1 Å². The third-order valence-corrected chi connectivity index (χ3v) is 4.78. The van der Waals surface area contributed by atoms with Crippen molar-refractivity contribution in [2.24, 2.45) is 5.92 Å². The van der Waals surface area contributed by atoms with E-state index < -0.39 is 0 Å². The van der Waals surface area contributed by atoms with Gasteiger partial charge in [0.15, 0.2) is 0 Å². The van der Waals surface area contributed by atoms with Crippen LogP contribution in [0.5, 0.6) is 0 Å². The quantitative estimate of drug-likeness (QED) is 0.542. The van der Waals surface area contributed by atoms with Crippen molar-refractivity contribution in [2.75, 3.05) is 0 Å². The Morgan fingerprint density at radius 2 is 1.73 bits per heavy atom. The van der Waals surface area contributed by atoms with Crippen molar-refractivity contribution in [1.82, 2.24) is 4.23 Å². The van der Waals surface area contributed by atoms with Crippen molar-refractivity contribution in [3.63, 3.8) is 0 Å². The second-order valence-corrected chi connectivity index (χ2v) is 8.71. The van der Waals surface area contributed by atoms with E-state index in [0.717, 1.165) is 12.0 Å². The molecule has 0 aromatic heterocycles. The molecule has 0 radical (unpaired) electrons. The Labute approximate surface area is 76.5 Å². The van der Waals surface area contributed by atoms with Crippen LogP contribution >= 0.6 is 0 Å². The average molecular weight is 187 g/mol. The molecule has 1 rings (SSSR count). The van der Waals surface area contributed by atoms with E-state index in [1.54, 1.807) is 0 Å². The van der Waals surface area contributed by atoms with Gasteiger partial charge in [0.05, 0.1) is 20.8 Å². The zero-order chi connectivity index (χ0) is 8.27. The molecule has 1 unspecified atom stereocenters. The Bertz CT molecular complexity index is 111. The van der Waals surface area contributed by atoms with Crippen molar-refractivity contribution >= 4 is 20.8 Å². The molecule has 0 bridgehead atoms. The normalized spacial score (nSPS) is 24.5. The molecule has 0 aromatic carbocycles. The summed E-state index contributed by atoms with van der Waals surface area (Å²) in [5.41, 5.74) is 0. The molecule has 1 saturated carbocycles. The first-order chi connectivity index (χ1) is 5.22. The Morgan fingerprint density at radius 3 is 2.18 bits per heavy atom. The van der Waals surface area contributed by atoms with Gasteiger partial charge in [-0.15, -0.1) is 0 Å². The molecule has 0 heterocycles. The lowest BCUT2D eigenvalue weighted by Crippen LogP contribution is -2.35. The van der Waals surface area contributed by atoms with Crippen LogP contribution in [0.1, 0.15) is 39.0 Å². The first-order valence-corrected chi connectivity index (χ1v) is 6.67. The van der Waals surface area contributed by atoms with Gasteiger partial charge in [0.25, 0.3) is 0 Å². The summed E-state index contributed by atoms with van der Waals surface area (Å²) in [7, 11) is 2.56. The number of hydrogen-bond donors (Lipinski definition) is 0. The lowest BCUT2D eigenvalue weighted by Gasteiger charge is -2.32. The van der Waals surface area contributed by atoms with E-state index in [9.17, 15) is 0 Å². The Hall–Kier alpha value is 0.394. The highest BCUT2D eigenvalue weighted by Gasteiger charge is 2.20. The monoisotopic (exact) mass is 187 g/mol. The van der Waals surface area contributed by atoms with Crippen molar-refractivity contribution in [3.05, 3.63) is 0 Å². The molecule has 1 fully saturated rings. The zero-order valence-corrected chi connectivity index (χ0v) is 12.1. The maximum absolute atomic E-state index is 2.63. The summed E-state index contributed by atoms with van der Waals surface area (Å²) < 4.78 is 2.63. The van der Waals surface area contributed by atoms with E-state index in [4.69, 9.17) is 0 Å². The van der Waals surface area contributed by atoms with Gasteiger partial charge in [0, 0.05) is 0 Å². The fraction of sp³-hybridized carbons (Fsp3) is 1.00. The van der Waals surface area contributed by atoms with Gasteiger partial charge in [-0.3, -0.25) is 0 Å². The minimum atomic E-state index is 0.911. The zero-order valence-electron chi connectivity index (χ0n) is 8.14. The molecule has 0 amide bonds. The number of rotatable bonds is 2. The van der Waals surface area contributed by atoms with E-state index in [-0.39, 0.29) is 0 Å². The molecule has 0 saturated heterocycles. The maximum atomic E-state index is 2.63. The number of nitrogens with zero attached hydrogens (tertiary/aromatic N) is 1. The highest BCUT2D eigenvalue weighted by atomic mass is 28.2. The summed E-state index contributed by atoms with van der Waals surface area (Å²) in [6.07, 6.45) is 7.48. The third-order valence-electron chi connectivity index (χ3n) is 3.15. The van der Waals surface area contributed by atoms with Gasteiger partial charge >= 0.3 is 0 Å². The Kier molecular flexibility index (Phi) is 3.82. The molecule has 1 aliphatic rings. The SMILES string of the molecule is CC(C1CCCCC1)N([SiH3])[SiH3]. The van der Waals surface area contributed by atoms with Crippen LogP contribution in [0.2, 0.25) is 0 Å². The van der Waals surface area contributed by atoms with Gasteiger partial charge in [-0.2, -0.15) is 0 Å². The summed E-state index contributed by atoms with van der Waals surface area (Å²) in [6.45, 7) is 2.43. The van der Waals surface area contributed by atoms with Crippen molar-refractivity contribution in [3.8, 4) is 0 Å². The summed E-state index contributed by atoms with van der Waals surface area (Å²) in [6, 6.07) is 0.911. The molecular formula is C8H21NSi2. The molecule has 66 valence electrons. The van der Waals surface area contributed by atoms with E-state index in [2.05, 4.69) is 11.2 Å². The maximum Gasteiger partial charge on any atom is 0.0700 e.